The molecule has 1 fully saturated rings. The summed E-state index contributed by atoms with van der Waals surface area (Å²) in [5, 5.41) is 3.10. The molecule has 3 unspecified atom stereocenters. The largest absolute Gasteiger partial charge is 0.378 e. The first-order valence-corrected chi connectivity index (χ1v) is 9.25. The number of amides is 1. The molecule has 1 aromatic carbocycles. The van der Waals surface area contributed by atoms with Crippen molar-refractivity contribution in [3.63, 3.8) is 0 Å². The third-order valence-corrected chi connectivity index (χ3v) is 5.86. The van der Waals surface area contributed by atoms with Gasteiger partial charge in [0, 0.05) is 18.4 Å². The van der Waals surface area contributed by atoms with Crippen LogP contribution in [-0.2, 0) is 14.9 Å². The van der Waals surface area contributed by atoms with Crippen LogP contribution in [0, 0.1) is 5.41 Å². The summed E-state index contributed by atoms with van der Waals surface area (Å²) in [4.78, 5) is 12.8. The van der Waals surface area contributed by atoms with Gasteiger partial charge in [-0.2, -0.15) is 0 Å². The van der Waals surface area contributed by atoms with E-state index < -0.39 is 5.54 Å². The van der Waals surface area contributed by atoms with Gasteiger partial charge in [-0.1, -0.05) is 58.9 Å². The van der Waals surface area contributed by atoms with Gasteiger partial charge < -0.3 is 15.8 Å². The lowest BCUT2D eigenvalue weighted by atomic mass is 9.54. The molecule has 1 aliphatic carbocycles. The van der Waals surface area contributed by atoms with Crippen molar-refractivity contribution in [2.24, 2.45) is 11.1 Å². The van der Waals surface area contributed by atoms with Crippen molar-refractivity contribution in [3.05, 3.63) is 35.4 Å². The maximum absolute atomic E-state index is 12.8. The highest BCUT2D eigenvalue weighted by Crippen LogP contribution is 2.50. The van der Waals surface area contributed by atoms with Gasteiger partial charge in [-0.3, -0.25) is 4.79 Å². The average Bonchev–Trinajstić information content (AvgIpc) is 2.53. The first kappa shape index (κ1) is 22.9. The Balaban J connectivity index is 0.00000338. The highest BCUT2D eigenvalue weighted by molar-refractivity contribution is 5.89. The van der Waals surface area contributed by atoms with Gasteiger partial charge in [0.05, 0.1) is 12.1 Å². The molecule has 5 heteroatoms. The number of ether oxygens (including phenoxy) is 1. The van der Waals surface area contributed by atoms with Crippen molar-refractivity contribution < 1.29 is 9.53 Å². The molecule has 4 nitrogen and oxygen atoms in total. The number of carbonyl (C=O) groups excluding carboxylic acids is 1. The fraction of sp³-hybridized carbons (Fsp3) is 0.667. The zero-order valence-corrected chi connectivity index (χ0v) is 18.0. The van der Waals surface area contributed by atoms with Crippen LogP contribution < -0.4 is 11.1 Å². The van der Waals surface area contributed by atoms with E-state index in [4.69, 9.17) is 10.5 Å². The lowest BCUT2D eigenvalue weighted by molar-refractivity contribution is -0.171. The lowest BCUT2D eigenvalue weighted by Crippen LogP contribution is -2.75. The normalized spacial score (nSPS) is 25.6. The monoisotopic (exact) mass is 382 g/mol. The zero-order valence-electron chi connectivity index (χ0n) is 17.2. The third-order valence-electron chi connectivity index (χ3n) is 5.86. The Morgan fingerprint density at radius 2 is 1.85 bits per heavy atom. The van der Waals surface area contributed by atoms with E-state index in [1.165, 1.54) is 5.56 Å². The standard InChI is InChI=1S/C21H34N2O2.ClH/c1-8-25-17-13-21(22,20(17,6)7)18(24)23-14(2)15-9-11-16(12-10-15)19(3,4)5;/h9-12,14,17H,8,13,22H2,1-7H3,(H,23,24);1H. The van der Waals surface area contributed by atoms with E-state index in [1.54, 1.807) is 0 Å². The number of benzene rings is 1. The van der Waals surface area contributed by atoms with Crippen LogP contribution in [0.4, 0.5) is 0 Å². The molecular weight excluding hydrogens is 348 g/mol. The second kappa shape index (κ2) is 7.87. The number of nitrogens with one attached hydrogen (secondary N) is 1. The highest BCUT2D eigenvalue weighted by Gasteiger charge is 2.62. The SMILES string of the molecule is CCOC1CC(N)(C(=O)NC(C)c2ccc(C(C)(C)C)cc2)C1(C)C.Cl. The molecule has 148 valence electrons. The fourth-order valence-corrected chi connectivity index (χ4v) is 3.50. The van der Waals surface area contributed by atoms with Crippen LogP contribution >= 0.6 is 12.4 Å². The minimum Gasteiger partial charge on any atom is -0.378 e. The van der Waals surface area contributed by atoms with Crippen LogP contribution in [0.15, 0.2) is 24.3 Å². The molecule has 2 rings (SSSR count). The van der Waals surface area contributed by atoms with Crippen LogP contribution in [0.3, 0.4) is 0 Å². The third kappa shape index (κ3) is 4.08. The molecule has 0 saturated heterocycles. The molecule has 0 aliphatic heterocycles. The van der Waals surface area contributed by atoms with Gasteiger partial charge in [-0.15, -0.1) is 12.4 Å². The summed E-state index contributed by atoms with van der Waals surface area (Å²) in [6.07, 6.45) is 0.602. The molecule has 0 spiro atoms. The Kier molecular flexibility index (Phi) is 6.95. The van der Waals surface area contributed by atoms with Crippen molar-refractivity contribution in [3.8, 4) is 0 Å². The number of halogens is 1. The molecule has 1 aromatic rings. The lowest BCUT2D eigenvalue weighted by Gasteiger charge is -2.57. The van der Waals surface area contributed by atoms with E-state index in [9.17, 15) is 4.79 Å². The Morgan fingerprint density at radius 1 is 1.31 bits per heavy atom. The predicted molar refractivity (Wildman–Crippen MR) is 110 cm³/mol. The smallest absolute Gasteiger partial charge is 0.241 e. The molecule has 0 heterocycles. The fourth-order valence-electron chi connectivity index (χ4n) is 3.50. The summed E-state index contributed by atoms with van der Waals surface area (Å²) in [6, 6.07) is 8.36. The summed E-state index contributed by atoms with van der Waals surface area (Å²) in [5.41, 5.74) is 7.70. The van der Waals surface area contributed by atoms with Crippen LogP contribution in [-0.4, -0.2) is 24.2 Å². The van der Waals surface area contributed by atoms with Crippen molar-refractivity contribution in [2.75, 3.05) is 6.61 Å². The predicted octanol–water partition coefficient (Wildman–Crippen LogP) is 4.12. The second-order valence-electron chi connectivity index (χ2n) is 8.91. The second-order valence-corrected chi connectivity index (χ2v) is 8.91. The first-order chi connectivity index (χ1) is 11.4. The summed E-state index contributed by atoms with van der Waals surface area (Å²) in [6.45, 7) is 15.2. The van der Waals surface area contributed by atoms with Gasteiger partial charge >= 0.3 is 0 Å². The first-order valence-electron chi connectivity index (χ1n) is 9.25. The van der Waals surface area contributed by atoms with Crippen molar-refractivity contribution in [1.82, 2.24) is 5.32 Å². The minimum absolute atomic E-state index is 0. The topological polar surface area (TPSA) is 64.3 Å². The Morgan fingerprint density at radius 3 is 2.27 bits per heavy atom. The van der Waals surface area contributed by atoms with Gasteiger partial charge in [-0.05, 0) is 30.4 Å². The molecule has 26 heavy (non-hydrogen) atoms. The minimum atomic E-state index is -0.882. The maximum Gasteiger partial charge on any atom is 0.241 e. The van der Waals surface area contributed by atoms with Crippen molar-refractivity contribution in [2.45, 2.75) is 78.0 Å². The molecular formula is C21H35ClN2O2. The molecule has 3 atom stereocenters. The van der Waals surface area contributed by atoms with Gasteiger partial charge in [0.15, 0.2) is 0 Å². The number of carbonyl (C=O) groups is 1. The van der Waals surface area contributed by atoms with Crippen LogP contribution in [0.1, 0.15) is 72.1 Å². The van der Waals surface area contributed by atoms with E-state index in [2.05, 4.69) is 50.4 Å². The Labute approximate surface area is 164 Å². The molecule has 1 amide bonds. The molecule has 1 aliphatic rings. The quantitative estimate of drug-likeness (QED) is 0.805. The van der Waals surface area contributed by atoms with Gasteiger partial charge in [0.25, 0.3) is 0 Å². The van der Waals surface area contributed by atoms with Crippen molar-refractivity contribution in [1.29, 1.82) is 0 Å². The molecule has 0 bridgehead atoms. The molecule has 1 saturated carbocycles. The summed E-state index contributed by atoms with van der Waals surface area (Å²) >= 11 is 0. The summed E-state index contributed by atoms with van der Waals surface area (Å²) < 4.78 is 5.71. The van der Waals surface area contributed by atoms with Crippen molar-refractivity contribution >= 4 is 18.3 Å². The zero-order chi connectivity index (χ0) is 19.0. The van der Waals surface area contributed by atoms with Crippen LogP contribution in [0.5, 0.6) is 0 Å². The van der Waals surface area contributed by atoms with E-state index in [0.29, 0.717) is 13.0 Å². The Hall–Kier alpha value is -1.10. The number of rotatable bonds is 5. The Bertz CT molecular complexity index is 622. The average molecular weight is 383 g/mol. The van der Waals surface area contributed by atoms with Crippen LogP contribution in [0.2, 0.25) is 0 Å². The van der Waals surface area contributed by atoms with Gasteiger partial charge in [-0.25, -0.2) is 0 Å². The highest BCUT2D eigenvalue weighted by atomic mass is 35.5. The summed E-state index contributed by atoms with van der Waals surface area (Å²) in [5.74, 6) is -0.0964. The van der Waals surface area contributed by atoms with E-state index in [0.717, 1.165) is 5.56 Å². The summed E-state index contributed by atoms with van der Waals surface area (Å²) in [7, 11) is 0. The molecule has 0 aromatic heterocycles. The number of hydrogen-bond acceptors (Lipinski definition) is 3. The number of hydrogen-bond donors (Lipinski definition) is 2. The van der Waals surface area contributed by atoms with E-state index in [-0.39, 0.29) is 41.3 Å². The van der Waals surface area contributed by atoms with Gasteiger partial charge in [0.2, 0.25) is 5.91 Å². The van der Waals surface area contributed by atoms with Gasteiger partial charge in [0.1, 0.15) is 5.54 Å². The molecule has 3 N–H and O–H groups in total. The maximum atomic E-state index is 12.8. The molecule has 0 radical (unpaired) electrons. The number of nitrogens with two attached hydrogens (primary N) is 1. The van der Waals surface area contributed by atoms with E-state index >= 15 is 0 Å². The van der Waals surface area contributed by atoms with Crippen LogP contribution in [0.25, 0.3) is 0 Å². The van der Waals surface area contributed by atoms with E-state index in [1.807, 2.05) is 27.7 Å².